The molecule has 2 atom stereocenters. The van der Waals surface area contributed by atoms with E-state index in [4.69, 9.17) is 4.74 Å². The number of halogens is 3. The highest BCUT2D eigenvalue weighted by Gasteiger charge is 2.35. The molecule has 2 aromatic rings. The number of carbonyl (C=O) groups excluding carboxylic acids is 1. The quantitative estimate of drug-likeness (QED) is 0.612. The number of rotatable bonds is 9. The second kappa shape index (κ2) is 10.0. The summed E-state index contributed by atoms with van der Waals surface area (Å²) in [5, 5.41) is 10.5. The van der Waals surface area contributed by atoms with Gasteiger partial charge in [0.1, 0.15) is 11.9 Å². The van der Waals surface area contributed by atoms with E-state index in [0.29, 0.717) is 23.6 Å². The third-order valence-corrected chi connectivity index (χ3v) is 5.11. The van der Waals surface area contributed by atoms with Crippen LogP contribution in [0.5, 0.6) is 5.75 Å². The van der Waals surface area contributed by atoms with E-state index in [1.54, 1.807) is 19.2 Å². The number of likely N-dealkylation sites (N-methyl/N-ethyl adjacent to an activating group) is 1. The lowest BCUT2D eigenvalue weighted by Gasteiger charge is -2.23. The van der Waals surface area contributed by atoms with Crippen LogP contribution in [0.4, 0.5) is 13.2 Å². The van der Waals surface area contributed by atoms with Gasteiger partial charge in [0.05, 0.1) is 12.8 Å². The lowest BCUT2D eigenvalue weighted by atomic mass is 10.0. The van der Waals surface area contributed by atoms with E-state index in [-0.39, 0.29) is 24.8 Å². The molecule has 0 radical (unpaired) electrons. The number of carbonyl (C=O) groups is 1. The van der Waals surface area contributed by atoms with Crippen molar-refractivity contribution in [3.63, 3.8) is 0 Å². The van der Waals surface area contributed by atoms with Crippen molar-refractivity contribution in [1.82, 2.24) is 9.88 Å². The third kappa shape index (κ3) is 6.98. The summed E-state index contributed by atoms with van der Waals surface area (Å²) in [5.74, 6) is 0.173. The number of methoxy groups -OCH3 is 1. The lowest BCUT2D eigenvalue weighted by molar-refractivity contribution is -0.143. The predicted octanol–water partition coefficient (Wildman–Crippen LogP) is 3.48. The molecule has 10 heteroatoms. The number of hydrogen-bond donors (Lipinski definition) is 1. The molecule has 0 amide bonds. The van der Waals surface area contributed by atoms with Crippen LogP contribution in [-0.2, 0) is 15.7 Å². The van der Waals surface area contributed by atoms with Gasteiger partial charge in [0, 0.05) is 18.5 Å². The Hall–Kier alpha value is -2.17. The Morgan fingerprint density at radius 2 is 1.93 bits per heavy atom. The number of alkyl halides is 3. The van der Waals surface area contributed by atoms with Crippen molar-refractivity contribution in [3.8, 4) is 5.75 Å². The number of esters is 1. The van der Waals surface area contributed by atoms with Gasteiger partial charge >= 0.3 is 12.1 Å². The van der Waals surface area contributed by atoms with Gasteiger partial charge in [-0.25, -0.2) is 9.78 Å². The van der Waals surface area contributed by atoms with Gasteiger partial charge in [-0.1, -0.05) is 19.1 Å². The van der Waals surface area contributed by atoms with E-state index < -0.39 is 23.3 Å². The van der Waals surface area contributed by atoms with Gasteiger partial charge in [-0.2, -0.15) is 13.2 Å². The van der Waals surface area contributed by atoms with Crippen LogP contribution in [0.3, 0.4) is 0 Å². The van der Waals surface area contributed by atoms with Crippen molar-refractivity contribution in [2.45, 2.75) is 25.1 Å². The van der Waals surface area contributed by atoms with Crippen molar-refractivity contribution in [1.29, 1.82) is 0 Å². The minimum atomic E-state index is -4.50. The molecule has 29 heavy (non-hydrogen) atoms. The summed E-state index contributed by atoms with van der Waals surface area (Å²) in [4.78, 5) is 16.4. The van der Waals surface area contributed by atoms with Gasteiger partial charge in [-0.3, -0.25) is 0 Å². The summed E-state index contributed by atoms with van der Waals surface area (Å²) in [6, 6.07) is 7.24. The molecule has 160 valence electrons. The fourth-order valence-corrected chi connectivity index (χ4v) is 3.43. The Balaban J connectivity index is 1.87. The second-order valence-corrected chi connectivity index (χ2v) is 7.51. The maximum absolute atomic E-state index is 12.6. The topological polar surface area (TPSA) is 71.9 Å². The number of nitrogens with zero attached hydrogens (tertiary/aromatic N) is 2. The first-order chi connectivity index (χ1) is 13.6. The van der Waals surface area contributed by atoms with Gasteiger partial charge < -0.3 is 19.5 Å². The third-order valence-electron chi connectivity index (χ3n) is 4.21. The standard InChI is InChI=1S/C19H23F3N2O4S/c1-12(13-4-6-14(7-5-13)28-10-17(26)27-3)8-24(2)9-16(25)15-11-29-18(23-15)19(20,21)22/h4-7,11-12,16,25H,8-10H2,1-3H3. The van der Waals surface area contributed by atoms with E-state index in [0.717, 1.165) is 5.56 Å². The summed E-state index contributed by atoms with van der Waals surface area (Å²) in [6.07, 6.45) is -5.61. The minimum absolute atomic E-state index is 0.0222. The highest BCUT2D eigenvalue weighted by Crippen LogP contribution is 2.33. The van der Waals surface area contributed by atoms with Crippen LogP contribution >= 0.6 is 11.3 Å². The first-order valence-electron chi connectivity index (χ1n) is 8.79. The minimum Gasteiger partial charge on any atom is -0.482 e. The van der Waals surface area contributed by atoms with Crippen molar-refractivity contribution in [2.24, 2.45) is 0 Å². The Bertz CT molecular complexity index is 795. The predicted molar refractivity (Wildman–Crippen MR) is 102 cm³/mol. The molecule has 6 nitrogen and oxygen atoms in total. The molecule has 0 aliphatic heterocycles. The van der Waals surface area contributed by atoms with Crippen molar-refractivity contribution >= 4 is 17.3 Å². The molecule has 1 heterocycles. The molecule has 0 fully saturated rings. The molecule has 1 aromatic heterocycles. The Labute approximate surface area is 170 Å². The monoisotopic (exact) mass is 432 g/mol. The Kier molecular flexibility index (Phi) is 8.00. The van der Waals surface area contributed by atoms with Crippen LogP contribution in [0.1, 0.15) is 35.2 Å². The van der Waals surface area contributed by atoms with Crippen LogP contribution in [-0.4, -0.2) is 54.8 Å². The van der Waals surface area contributed by atoms with E-state index in [1.807, 2.05) is 24.0 Å². The molecular formula is C19H23F3N2O4S. The molecule has 0 aliphatic rings. The number of benzene rings is 1. The lowest BCUT2D eigenvalue weighted by Crippen LogP contribution is -2.28. The second-order valence-electron chi connectivity index (χ2n) is 6.65. The molecule has 0 saturated carbocycles. The normalized spacial score (nSPS) is 13.9. The van der Waals surface area contributed by atoms with E-state index in [2.05, 4.69) is 9.72 Å². The molecule has 0 bridgehead atoms. The Morgan fingerprint density at radius 3 is 2.48 bits per heavy atom. The SMILES string of the molecule is COC(=O)COc1ccc(C(C)CN(C)CC(O)c2csc(C(F)(F)F)n2)cc1. The zero-order chi connectivity index (χ0) is 21.6. The van der Waals surface area contributed by atoms with E-state index in [1.165, 1.54) is 12.5 Å². The molecule has 1 N–H and O–H groups in total. The first-order valence-corrected chi connectivity index (χ1v) is 9.67. The zero-order valence-corrected chi connectivity index (χ0v) is 17.1. The Morgan fingerprint density at radius 1 is 1.28 bits per heavy atom. The first kappa shape index (κ1) is 23.1. The summed E-state index contributed by atoms with van der Waals surface area (Å²) < 4.78 is 47.7. The van der Waals surface area contributed by atoms with Gasteiger partial charge in [0.25, 0.3) is 0 Å². The molecule has 0 saturated heterocycles. The maximum Gasteiger partial charge on any atom is 0.443 e. The van der Waals surface area contributed by atoms with E-state index >= 15 is 0 Å². The van der Waals surface area contributed by atoms with Crippen LogP contribution in [0.25, 0.3) is 0 Å². The molecule has 2 rings (SSSR count). The number of aliphatic hydroxyl groups excluding tert-OH is 1. The summed E-state index contributed by atoms with van der Waals surface area (Å²) in [7, 11) is 3.07. The zero-order valence-electron chi connectivity index (χ0n) is 16.3. The highest BCUT2D eigenvalue weighted by atomic mass is 32.1. The fraction of sp³-hybridized carbons (Fsp3) is 0.474. The molecular weight excluding hydrogens is 409 g/mol. The summed E-state index contributed by atoms with van der Waals surface area (Å²) >= 11 is 0.476. The van der Waals surface area contributed by atoms with Gasteiger partial charge in [0.15, 0.2) is 11.6 Å². The maximum atomic E-state index is 12.6. The van der Waals surface area contributed by atoms with Gasteiger partial charge in [0.2, 0.25) is 0 Å². The smallest absolute Gasteiger partial charge is 0.443 e. The average Bonchev–Trinajstić information content (AvgIpc) is 3.17. The van der Waals surface area contributed by atoms with Crippen molar-refractivity contribution in [2.75, 3.05) is 33.9 Å². The number of hydrogen-bond acceptors (Lipinski definition) is 7. The highest BCUT2D eigenvalue weighted by molar-refractivity contribution is 7.09. The van der Waals surface area contributed by atoms with Crippen molar-refractivity contribution in [3.05, 3.63) is 45.9 Å². The largest absolute Gasteiger partial charge is 0.482 e. The molecule has 2 unspecified atom stereocenters. The number of thiazole rings is 1. The number of ether oxygens (including phenoxy) is 2. The van der Waals surface area contributed by atoms with Crippen LogP contribution < -0.4 is 4.74 Å². The van der Waals surface area contributed by atoms with Crippen molar-refractivity contribution < 1.29 is 32.5 Å². The molecule has 1 aromatic carbocycles. The summed E-state index contributed by atoms with van der Waals surface area (Å²) in [6.45, 7) is 2.57. The average molecular weight is 432 g/mol. The number of aliphatic hydroxyl groups is 1. The van der Waals surface area contributed by atoms with Gasteiger partial charge in [-0.05, 0) is 30.7 Å². The fourth-order valence-electron chi connectivity index (χ4n) is 2.70. The van der Waals surface area contributed by atoms with Gasteiger partial charge in [-0.15, -0.1) is 11.3 Å². The number of aromatic nitrogens is 1. The van der Waals surface area contributed by atoms with Crippen LogP contribution in [0, 0.1) is 0 Å². The molecule has 0 spiro atoms. The van der Waals surface area contributed by atoms with Crippen LogP contribution in [0.2, 0.25) is 0 Å². The van der Waals surface area contributed by atoms with E-state index in [9.17, 15) is 23.1 Å². The molecule has 0 aliphatic carbocycles. The summed E-state index contributed by atoms with van der Waals surface area (Å²) in [5.41, 5.74) is 1.04. The van der Waals surface area contributed by atoms with Crippen LogP contribution in [0.15, 0.2) is 29.6 Å².